The number of ketones is 1. The molecule has 0 N–H and O–H groups in total. The molecule has 0 aromatic carbocycles. The van der Waals surface area contributed by atoms with Gasteiger partial charge in [0.2, 0.25) is 0 Å². The molecular formula is C15H24O. The minimum atomic E-state index is 0.272. The van der Waals surface area contributed by atoms with Gasteiger partial charge in [0.25, 0.3) is 0 Å². The second-order valence-corrected chi connectivity index (χ2v) is 6.29. The highest BCUT2D eigenvalue weighted by atomic mass is 16.1. The maximum atomic E-state index is 11.8. The minimum Gasteiger partial charge on any atom is -0.299 e. The lowest BCUT2D eigenvalue weighted by atomic mass is 9.76. The Bertz CT molecular complexity index is 337. The van der Waals surface area contributed by atoms with Gasteiger partial charge < -0.3 is 0 Å². The van der Waals surface area contributed by atoms with Crippen molar-refractivity contribution in [3.8, 4) is 0 Å². The van der Waals surface area contributed by atoms with Crippen LogP contribution in [0.3, 0.4) is 0 Å². The molecule has 0 aliphatic heterocycles. The van der Waals surface area contributed by atoms with Crippen molar-refractivity contribution in [3.63, 3.8) is 0 Å². The zero-order chi connectivity index (χ0) is 11.9. The first-order valence-electron chi connectivity index (χ1n) is 6.69. The number of fused-ring (bicyclic) bond motifs is 1. The van der Waals surface area contributed by atoms with Gasteiger partial charge in [0.05, 0.1) is 0 Å². The summed E-state index contributed by atoms with van der Waals surface area (Å²) in [5.74, 6) is 1.42. The Hall–Kier alpha value is -0.590. The van der Waals surface area contributed by atoms with E-state index in [-0.39, 0.29) is 5.92 Å². The molecule has 2 unspecified atom stereocenters. The van der Waals surface area contributed by atoms with Crippen LogP contribution in [-0.2, 0) is 4.79 Å². The predicted molar refractivity (Wildman–Crippen MR) is 67.2 cm³/mol. The Morgan fingerprint density at radius 2 is 1.94 bits per heavy atom. The van der Waals surface area contributed by atoms with Crippen molar-refractivity contribution in [2.75, 3.05) is 0 Å². The number of carbonyl (C=O) groups excluding carboxylic acids is 1. The van der Waals surface area contributed by atoms with E-state index >= 15 is 0 Å². The molecule has 0 bridgehead atoms. The van der Waals surface area contributed by atoms with Crippen molar-refractivity contribution in [2.24, 2.45) is 17.3 Å². The van der Waals surface area contributed by atoms with E-state index in [2.05, 4.69) is 27.7 Å². The molecule has 1 saturated carbocycles. The lowest BCUT2D eigenvalue weighted by Crippen LogP contribution is -2.19. The number of hydrogen-bond donors (Lipinski definition) is 0. The molecule has 1 nitrogen and oxygen atoms in total. The van der Waals surface area contributed by atoms with Gasteiger partial charge >= 0.3 is 0 Å². The first-order chi connectivity index (χ1) is 7.44. The molecule has 2 aliphatic rings. The second kappa shape index (κ2) is 4.01. The fraction of sp³-hybridized carbons (Fsp3) is 0.800. The van der Waals surface area contributed by atoms with E-state index in [0.29, 0.717) is 17.1 Å². The van der Waals surface area contributed by atoms with E-state index < -0.39 is 0 Å². The van der Waals surface area contributed by atoms with E-state index in [1.165, 1.54) is 12.8 Å². The van der Waals surface area contributed by atoms with Crippen LogP contribution in [0.4, 0.5) is 0 Å². The minimum absolute atomic E-state index is 0.272. The zero-order valence-electron chi connectivity index (χ0n) is 11.1. The highest BCUT2D eigenvalue weighted by Gasteiger charge is 2.41. The quantitative estimate of drug-likeness (QED) is 0.607. The normalized spacial score (nSPS) is 35.6. The molecule has 16 heavy (non-hydrogen) atoms. The summed E-state index contributed by atoms with van der Waals surface area (Å²) in [6.45, 7) is 9.09. The molecule has 2 aliphatic carbocycles. The Morgan fingerprint density at radius 1 is 1.25 bits per heavy atom. The first-order valence-corrected chi connectivity index (χ1v) is 6.69. The van der Waals surface area contributed by atoms with Crippen LogP contribution in [0.25, 0.3) is 0 Å². The van der Waals surface area contributed by atoms with Gasteiger partial charge in [-0.3, -0.25) is 4.79 Å². The van der Waals surface area contributed by atoms with Crippen LogP contribution in [0.1, 0.15) is 59.8 Å². The lowest BCUT2D eigenvalue weighted by Gasteiger charge is -2.28. The fourth-order valence-corrected chi connectivity index (χ4v) is 3.71. The fourth-order valence-electron chi connectivity index (χ4n) is 3.71. The van der Waals surface area contributed by atoms with E-state index in [9.17, 15) is 4.79 Å². The van der Waals surface area contributed by atoms with Gasteiger partial charge in [-0.05, 0) is 37.0 Å². The van der Waals surface area contributed by atoms with Gasteiger partial charge in [-0.2, -0.15) is 0 Å². The summed E-state index contributed by atoms with van der Waals surface area (Å²) in [6.07, 6.45) is 5.44. The van der Waals surface area contributed by atoms with Crippen LogP contribution >= 0.6 is 0 Å². The second-order valence-electron chi connectivity index (χ2n) is 6.29. The predicted octanol–water partition coefficient (Wildman–Crippen LogP) is 4.13. The van der Waals surface area contributed by atoms with Crippen molar-refractivity contribution < 1.29 is 4.79 Å². The van der Waals surface area contributed by atoms with Crippen molar-refractivity contribution in [1.29, 1.82) is 0 Å². The van der Waals surface area contributed by atoms with Crippen molar-refractivity contribution in [1.82, 2.24) is 0 Å². The Morgan fingerprint density at radius 3 is 2.56 bits per heavy atom. The summed E-state index contributed by atoms with van der Waals surface area (Å²) in [5.41, 5.74) is 3.63. The van der Waals surface area contributed by atoms with E-state index in [1.807, 2.05) is 0 Å². The lowest BCUT2D eigenvalue weighted by molar-refractivity contribution is -0.122. The summed E-state index contributed by atoms with van der Waals surface area (Å²) >= 11 is 0. The number of hydrogen-bond acceptors (Lipinski definition) is 1. The SMILES string of the molecule is CC(C)C1=C2CCC(=O)C(C)CC2(C)CC1. The molecule has 1 heteroatoms. The number of rotatable bonds is 1. The van der Waals surface area contributed by atoms with Crippen LogP contribution in [0.2, 0.25) is 0 Å². The molecule has 2 atom stereocenters. The molecule has 2 rings (SSSR count). The molecule has 0 radical (unpaired) electrons. The average molecular weight is 220 g/mol. The standard InChI is InChI=1S/C15H24O/c1-10(2)12-7-8-15(4)9-11(3)14(16)6-5-13(12)15/h10-11H,5-9H2,1-4H3. The van der Waals surface area contributed by atoms with Crippen LogP contribution in [0.5, 0.6) is 0 Å². The van der Waals surface area contributed by atoms with Crippen LogP contribution in [0.15, 0.2) is 11.1 Å². The van der Waals surface area contributed by atoms with Gasteiger partial charge in [0.1, 0.15) is 5.78 Å². The van der Waals surface area contributed by atoms with Gasteiger partial charge in [0.15, 0.2) is 0 Å². The third kappa shape index (κ3) is 1.85. The molecule has 0 amide bonds. The summed E-state index contributed by atoms with van der Waals surface area (Å²) in [6, 6.07) is 0. The van der Waals surface area contributed by atoms with Gasteiger partial charge in [-0.25, -0.2) is 0 Å². The maximum Gasteiger partial charge on any atom is 0.136 e. The Balaban J connectivity index is 2.36. The van der Waals surface area contributed by atoms with Crippen LogP contribution in [0, 0.1) is 17.3 Å². The van der Waals surface area contributed by atoms with E-state index in [0.717, 1.165) is 19.3 Å². The van der Waals surface area contributed by atoms with E-state index in [4.69, 9.17) is 0 Å². The summed E-state index contributed by atoms with van der Waals surface area (Å²) in [5, 5.41) is 0. The molecular weight excluding hydrogens is 196 g/mol. The molecule has 0 saturated heterocycles. The highest BCUT2D eigenvalue weighted by Crippen LogP contribution is 2.52. The zero-order valence-corrected chi connectivity index (χ0v) is 11.1. The van der Waals surface area contributed by atoms with Crippen LogP contribution in [-0.4, -0.2) is 5.78 Å². The Kier molecular flexibility index (Phi) is 2.98. The third-order valence-corrected chi connectivity index (χ3v) is 4.69. The summed E-state index contributed by atoms with van der Waals surface area (Å²) in [4.78, 5) is 11.8. The molecule has 0 spiro atoms. The first kappa shape index (κ1) is 11.9. The third-order valence-electron chi connectivity index (χ3n) is 4.69. The highest BCUT2D eigenvalue weighted by molar-refractivity contribution is 5.81. The molecule has 90 valence electrons. The smallest absolute Gasteiger partial charge is 0.136 e. The molecule has 1 fully saturated rings. The van der Waals surface area contributed by atoms with Crippen molar-refractivity contribution >= 4 is 5.78 Å². The van der Waals surface area contributed by atoms with Crippen molar-refractivity contribution in [3.05, 3.63) is 11.1 Å². The van der Waals surface area contributed by atoms with Gasteiger partial charge in [-0.15, -0.1) is 0 Å². The van der Waals surface area contributed by atoms with Crippen LogP contribution < -0.4 is 0 Å². The van der Waals surface area contributed by atoms with E-state index in [1.54, 1.807) is 11.1 Å². The monoisotopic (exact) mass is 220 g/mol. The summed E-state index contributed by atoms with van der Waals surface area (Å²) < 4.78 is 0. The largest absolute Gasteiger partial charge is 0.299 e. The molecule has 0 heterocycles. The van der Waals surface area contributed by atoms with Gasteiger partial charge in [0, 0.05) is 12.3 Å². The molecule has 0 aromatic rings. The van der Waals surface area contributed by atoms with Crippen molar-refractivity contribution in [2.45, 2.75) is 59.8 Å². The Labute approximate surface area is 99.3 Å². The average Bonchev–Trinajstić information content (AvgIpc) is 2.46. The van der Waals surface area contributed by atoms with Gasteiger partial charge in [-0.1, -0.05) is 38.8 Å². The maximum absolute atomic E-state index is 11.8. The number of allylic oxidation sites excluding steroid dienone is 2. The number of Topliss-reactive ketones (excluding diaryl/α,β-unsaturated/α-hetero) is 1. The molecule has 0 aromatic heterocycles. The summed E-state index contributed by atoms with van der Waals surface area (Å²) in [7, 11) is 0. The number of carbonyl (C=O) groups is 1. The topological polar surface area (TPSA) is 17.1 Å².